The van der Waals surface area contributed by atoms with Gasteiger partial charge in [0.25, 0.3) is 0 Å². The van der Waals surface area contributed by atoms with E-state index in [1.807, 2.05) is 23.1 Å². The van der Waals surface area contributed by atoms with Crippen molar-refractivity contribution in [1.29, 1.82) is 0 Å². The Kier molecular flexibility index (Phi) is 4.08. The Morgan fingerprint density at radius 3 is 2.78 bits per heavy atom. The fraction of sp³-hybridized carbons (Fsp3) is 0.304. The maximum atomic E-state index is 15.2. The maximum Gasteiger partial charge on any atom is 0.341 e. The number of aromatic nitrogens is 2. The molecule has 32 heavy (non-hydrogen) atoms. The monoisotopic (exact) mass is 434 g/mol. The van der Waals surface area contributed by atoms with Crippen molar-refractivity contribution in [2.45, 2.75) is 25.0 Å². The number of carboxylic acids is 1. The van der Waals surface area contributed by atoms with Gasteiger partial charge in [-0.25, -0.2) is 9.18 Å². The SMILES string of the molecule is O=C(O)c1cn(C2CC2)c2cc(N3CC4ON=C(c5ccccn5)C4C3)c(F)cc2c1=O. The number of pyridine rings is 2. The summed E-state index contributed by atoms with van der Waals surface area (Å²) >= 11 is 0. The summed E-state index contributed by atoms with van der Waals surface area (Å²) in [7, 11) is 0. The molecule has 3 aliphatic rings. The first-order valence-corrected chi connectivity index (χ1v) is 10.5. The molecule has 1 saturated heterocycles. The molecule has 6 rings (SSSR count). The number of hydrogen-bond donors (Lipinski definition) is 1. The van der Waals surface area contributed by atoms with E-state index in [0.717, 1.165) is 24.2 Å². The van der Waals surface area contributed by atoms with E-state index < -0.39 is 17.2 Å². The molecule has 1 N–H and O–H groups in total. The zero-order valence-electron chi connectivity index (χ0n) is 16.9. The first kappa shape index (κ1) is 19.0. The molecular weight excluding hydrogens is 415 g/mol. The van der Waals surface area contributed by atoms with Gasteiger partial charge in [-0.2, -0.15) is 0 Å². The number of fused-ring (bicyclic) bond motifs is 2. The minimum Gasteiger partial charge on any atom is -0.477 e. The highest BCUT2D eigenvalue weighted by Gasteiger charge is 2.44. The van der Waals surface area contributed by atoms with E-state index in [4.69, 9.17) is 4.84 Å². The fourth-order valence-electron chi connectivity index (χ4n) is 4.69. The zero-order chi connectivity index (χ0) is 22.0. The van der Waals surface area contributed by atoms with Crippen molar-refractivity contribution >= 4 is 28.3 Å². The highest BCUT2D eigenvalue weighted by Crippen LogP contribution is 2.39. The Hall–Kier alpha value is -3.75. The number of hydrogen-bond acceptors (Lipinski definition) is 6. The normalized spacial score (nSPS) is 22.0. The Bertz CT molecular complexity index is 1350. The van der Waals surface area contributed by atoms with Gasteiger partial charge >= 0.3 is 5.97 Å². The molecule has 2 fully saturated rings. The molecule has 0 radical (unpaired) electrons. The van der Waals surface area contributed by atoms with Crippen LogP contribution in [0.1, 0.15) is 34.9 Å². The van der Waals surface area contributed by atoms with Crippen LogP contribution in [0, 0.1) is 11.7 Å². The largest absolute Gasteiger partial charge is 0.477 e. The van der Waals surface area contributed by atoms with Gasteiger partial charge in [0.2, 0.25) is 5.43 Å². The van der Waals surface area contributed by atoms with Crippen molar-refractivity contribution in [2.75, 3.05) is 18.0 Å². The Morgan fingerprint density at radius 2 is 2.06 bits per heavy atom. The summed E-state index contributed by atoms with van der Waals surface area (Å²) in [6.07, 6.45) is 4.68. The van der Waals surface area contributed by atoms with Gasteiger partial charge in [0.1, 0.15) is 17.1 Å². The van der Waals surface area contributed by atoms with Gasteiger partial charge in [-0.1, -0.05) is 11.2 Å². The number of halogens is 1. The second kappa shape index (κ2) is 6.88. The predicted octanol–water partition coefficient (Wildman–Crippen LogP) is 2.81. The summed E-state index contributed by atoms with van der Waals surface area (Å²) in [5, 5.41) is 13.7. The van der Waals surface area contributed by atoms with Crippen LogP contribution < -0.4 is 10.3 Å². The Balaban J connectivity index is 1.40. The van der Waals surface area contributed by atoms with Gasteiger partial charge in [0.15, 0.2) is 6.10 Å². The summed E-state index contributed by atoms with van der Waals surface area (Å²) < 4.78 is 17.0. The van der Waals surface area contributed by atoms with Gasteiger partial charge in [0.05, 0.1) is 29.4 Å². The summed E-state index contributed by atoms with van der Waals surface area (Å²) in [6.45, 7) is 0.956. The molecule has 0 spiro atoms. The van der Waals surface area contributed by atoms with Gasteiger partial charge in [0, 0.05) is 30.4 Å². The highest BCUT2D eigenvalue weighted by molar-refractivity contribution is 6.02. The molecule has 1 aromatic carbocycles. The zero-order valence-corrected chi connectivity index (χ0v) is 16.9. The molecule has 4 heterocycles. The number of anilines is 1. The minimum absolute atomic E-state index is 0.0417. The van der Waals surface area contributed by atoms with E-state index in [2.05, 4.69) is 10.1 Å². The molecule has 2 aliphatic heterocycles. The minimum atomic E-state index is -1.30. The lowest BCUT2D eigenvalue weighted by Gasteiger charge is -2.21. The Labute approximate surface area is 181 Å². The molecule has 2 aromatic heterocycles. The van der Waals surface area contributed by atoms with Gasteiger partial charge in [-0.3, -0.25) is 9.78 Å². The number of oxime groups is 1. The molecule has 1 aliphatic carbocycles. The molecule has 3 aromatic rings. The summed E-state index contributed by atoms with van der Waals surface area (Å²) in [6, 6.07) is 8.54. The number of carboxylic acid groups (broad SMARTS) is 1. The Morgan fingerprint density at radius 1 is 1.22 bits per heavy atom. The molecule has 9 heteroatoms. The van der Waals surface area contributed by atoms with Gasteiger partial charge < -0.3 is 19.4 Å². The third-order valence-electron chi connectivity index (χ3n) is 6.44. The van der Waals surface area contributed by atoms with E-state index in [9.17, 15) is 14.7 Å². The number of rotatable bonds is 4. The van der Waals surface area contributed by atoms with Crippen molar-refractivity contribution in [1.82, 2.24) is 9.55 Å². The maximum absolute atomic E-state index is 15.2. The molecule has 1 saturated carbocycles. The standard InChI is InChI=1S/C23H19FN4O4/c24-16-7-13-18(28(12-4-5-12)10-15(22(13)29)23(30)31)8-19(16)27-9-14-20(11-27)32-26-21(14)17-3-1-2-6-25-17/h1-3,6-8,10,12,14,20H,4-5,9,11H2,(H,30,31). The quantitative estimate of drug-likeness (QED) is 0.678. The van der Waals surface area contributed by atoms with Crippen molar-refractivity contribution in [3.8, 4) is 0 Å². The summed E-state index contributed by atoms with van der Waals surface area (Å²) in [4.78, 5) is 36.1. The number of aromatic carboxylic acids is 1. The number of benzene rings is 1. The van der Waals surface area contributed by atoms with Crippen molar-refractivity contribution < 1.29 is 19.1 Å². The van der Waals surface area contributed by atoms with E-state index in [1.54, 1.807) is 16.8 Å². The topological polar surface area (TPSA) is 97.0 Å². The first-order chi connectivity index (χ1) is 15.5. The third-order valence-corrected chi connectivity index (χ3v) is 6.44. The molecule has 0 amide bonds. The van der Waals surface area contributed by atoms with Crippen LogP contribution in [0.5, 0.6) is 0 Å². The molecule has 2 atom stereocenters. The van der Waals surface area contributed by atoms with Gasteiger partial charge in [-0.05, 0) is 37.1 Å². The summed E-state index contributed by atoms with van der Waals surface area (Å²) in [5.41, 5.74) is 1.41. The van der Waals surface area contributed by atoms with E-state index in [1.165, 1.54) is 12.3 Å². The molecular formula is C23H19FN4O4. The predicted molar refractivity (Wildman–Crippen MR) is 115 cm³/mol. The smallest absolute Gasteiger partial charge is 0.341 e. The van der Waals surface area contributed by atoms with E-state index in [0.29, 0.717) is 24.3 Å². The number of nitrogens with zero attached hydrogens (tertiary/aromatic N) is 4. The van der Waals surface area contributed by atoms with Crippen LogP contribution in [0.15, 0.2) is 52.7 Å². The molecule has 162 valence electrons. The number of carbonyl (C=O) groups is 1. The average molecular weight is 434 g/mol. The van der Waals surface area contributed by atoms with Crippen molar-refractivity contribution in [2.24, 2.45) is 11.1 Å². The van der Waals surface area contributed by atoms with E-state index in [-0.39, 0.29) is 29.0 Å². The van der Waals surface area contributed by atoms with E-state index >= 15 is 4.39 Å². The van der Waals surface area contributed by atoms with Crippen LogP contribution in [0.4, 0.5) is 10.1 Å². The first-order valence-electron chi connectivity index (χ1n) is 10.5. The lowest BCUT2D eigenvalue weighted by Crippen LogP contribution is -2.25. The average Bonchev–Trinajstić information content (AvgIpc) is 3.42. The van der Waals surface area contributed by atoms with Gasteiger partial charge in [-0.15, -0.1) is 0 Å². The fourth-order valence-corrected chi connectivity index (χ4v) is 4.69. The van der Waals surface area contributed by atoms with Crippen molar-refractivity contribution in [3.05, 3.63) is 70.0 Å². The van der Waals surface area contributed by atoms with Crippen LogP contribution in [0.25, 0.3) is 10.9 Å². The lowest BCUT2D eigenvalue weighted by atomic mass is 9.98. The van der Waals surface area contributed by atoms with Crippen LogP contribution in [-0.4, -0.2) is 45.5 Å². The third kappa shape index (κ3) is 2.88. The van der Waals surface area contributed by atoms with Crippen LogP contribution >= 0.6 is 0 Å². The van der Waals surface area contributed by atoms with Crippen molar-refractivity contribution in [3.63, 3.8) is 0 Å². The summed E-state index contributed by atoms with van der Waals surface area (Å²) in [5.74, 6) is -1.91. The van der Waals surface area contributed by atoms with Crippen LogP contribution in [-0.2, 0) is 4.84 Å². The van der Waals surface area contributed by atoms with Crippen LogP contribution in [0.3, 0.4) is 0 Å². The lowest BCUT2D eigenvalue weighted by molar-refractivity contribution is 0.0694. The second-order valence-corrected chi connectivity index (χ2v) is 8.48. The second-order valence-electron chi connectivity index (χ2n) is 8.48. The molecule has 8 nitrogen and oxygen atoms in total. The highest BCUT2D eigenvalue weighted by atomic mass is 19.1. The molecule has 0 bridgehead atoms. The molecule has 2 unspecified atom stereocenters. The van der Waals surface area contributed by atoms with Crippen LogP contribution in [0.2, 0.25) is 0 Å².